The third-order valence-electron chi connectivity index (χ3n) is 4.15. The van der Waals surface area contributed by atoms with E-state index in [2.05, 4.69) is 4.98 Å². The molecule has 0 amide bonds. The second-order valence-corrected chi connectivity index (χ2v) is 5.63. The largest absolute Gasteiger partial charge is 0.478 e. The van der Waals surface area contributed by atoms with Gasteiger partial charge in [0.05, 0.1) is 16.3 Å². The lowest BCUT2D eigenvalue weighted by atomic mass is 9.98. The third-order valence-corrected chi connectivity index (χ3v) is 4.53. The van der Waals surface area contributed by atoms with E-state index in [4.69, 9.17) is 11.6 Å². The highest BCUT2D eigenvalue weighted by atomic mass is 35.5. The summed E-state index contributed by atoms with van der Waals surface area (Å²) in [5, 5.41) is 9.78. The lowest BCUT2D eigenvalue weighted by molar-refractivity contribution is 0.0695. The Morgan fingerprint density at radius 2 is 1.94 bits per heavy atom. The van der Waals surface area contributed by atoms with Crippen molar-refractivity contribution in [2.24, 2.45) is 0 Å². The van der Waals surface area contributed by atoms with E-state index in [1.165, 1.54) is 12.8 Å². The van der Waals surface area contributed by atoms with Crippen molar-refractivity contribution in [1.82, 2.24) is 4.98 Å². The number of carboxylic acids is 1. The summed E-state index contributed by atoms with van der Waals surface area (Å²) in [6.07, 6.45) is 7.26. The van der Waals surface area contributed by atoms with Crippen molar-refractivity contribution in [3.05, 3.63) is 27.5 Å². The molecule has 0 spiro atoms. The number of carbonyl (C=O) groups is 1. The van der Waals surface area contributed by atoms with Crippen LogP contribution in [0.1, 0.15) is 65.3 Å². The van der Waals surface area contributed by atoms with Gasteiger partial charge >= 0.3 is 5.97 Å². The molecule has 18 heavy (non-hydrogen) atoms. The molecule has 0 bridgehead atoms. The summed E-state index contributed by atoms with van der Waals surface area (Å²) < 4.78 is 0. The number of nitrogens with zero attached hydrogens (tertiary/aromatic N) is 1. The molecule has 1 heterocycles. The van der Waals surface area contributed by atoms with Gasteiger partial charge in [-0.3, -0.25) is 4.98 Å². The maximum Gasteiger partial charge on any atom is 0.337 e. The number of halogens is 1. The Morgan fingerprint density at radius 1 is 1.22 bits per heavy atom. The van der Waals surface area contributed by atoms with Crippen molar-refractivity contribution < 1.29 is 9.90 Å². The highest BCUT2D eigenvalue weighted by Gasteiger charge is 2.30. The van der Waals surface area contributed by atoms with Crippen molar-refractivity contribution in [1.29, 1.82) is 0 Å². The number of hydrogen-bond donors (Lipinski definition) is 1. The quantitative estimate of drug-likeness (QED) is 0.889. The lowest BCUT2D eigenvalue weighted by Crippen LogP contribution is -2.10. The Labute approximate surface area is 111 Å². The summed E-state index contributed by atoms with van der Waals surface area (Å²) in [4.78, 5) is 16.1. The predicted molar refractivity (Wildman–Crippen MR) is 69.4 cm³/mol. The van der Waals surface area contributed by atoms with Gasteiger partial charge in [-0.15, -0.1) is 0 Å². The molecule has 0 radical (unpaired) electrons. The van der Waals surface area contributed by atoms with Gasteiger partial charge < -0.3 is 5.11 Å². The molecule has 1 N–H and O–H groups in total. The van der Waals surface area contributed by atoms with Gasteiger partial charge in [0.2, 0.25) is 0 Å². The minimum atomic E-state index is -0.903. The zero-order chi connectivity index (χ0) is 12.7. The van der Waals surface area contributed by atoms with Crippen molar-refractivity contribution in [2.75, 3.05) is 0 Å². The minimum Gasteiger partial charge on any atom is -0.478 e. The first-order valence-electron chi connectivity index (χ1n) is 6.63. The smallest absolute Gasteiger partial charge is 0.337 e. The van der Waals surface area contributed by atoms with Crippen LogP contribution in [0, 0.1) is 0 Å². The van der Waals surface area contributed by atoms with Gasteiger partial charge in [0.1, 0.15) is 0 Å². The molecule has 3 nitrogen and oxygen atoms in total. The Balaban J connectivity index is 2.15. The van der Waals surface area contributed by atoms with Crippen molar-refractivity contribution in [2.45, 2.75) is 50.9 Å². The van der Waals surface area contributed by atoms with Crippen LogP contribution >= 0.6 is 11.6 Å². The first-order chi connectivity index (χ1) is 8.68. The lowest BCUT2D eigenvalue weighted by Gasteiger charge is -2.15. The number of aromatic carboxylic acids is 1. The summed E-state index contributed by atoms with van der Waals surface area (Å²) in [6.45, 7) is 0. The van der Waals surface area contributed by atoms with Gasteiger partial charge in [-0.1, -0.05) is 24.4 Å². The van der Waals surface area contributed by atoms with Gasteiger partial charge in [-0.2, -0.15) is 0 Å². The summed E-state index contributed by atoms with van der Waals surface area (Å²) >= 11 is 6.32. The highest BCUT2D eigenvalue weighted by Crippen LogP contribution is 2.40. The monoisotopic (exact) mass is 265 g/mol. The van der Waals surface area contributed by atoms with Gasteiger partial charge in [-0.05, 0) is 37.7 Å². The maximum absolute atomic E-state index is 11.4. The van der Waals surface area contributed by atoms with Crippen LogP contribution in [0.15, 0.2) is 0 Å². The Hall–Kier alpha value is -1.09. The van der Waals surface area contributed by atoms with Crippen LogP contribution in [-0.4, -0.2) is 16.1 Å². The topological polar surface area (TPSA) is 50.2 Å². The molecule has 4 heteroatoms. The van der Waals surface area contributed by atoms with Crippen LogP contribution in [0.2, 0.25) is 5.02 Å². The van der Waals surface area contributed by atoms with Gasteiger partial charge in [0.25, 0.3) is 0 Å². The molecule has 2 aliphatic carbocycles. The molecule has 0 unspecified atom stereocenters. The number of aryl methyl sites for hydroxylation is 1. The van der Waals surface area contributed by atoms with Crippen LogP contribution in [0.3, 0.4) is 0 Å². The van der Waals surface area contributed by atoms with Crippen molar-refractivity contribution in [3.63, 3.8) is 0 Å². The van der Waals surface area contributed by atoms with Crippen LogP contribution in [0.5, 0.6) is 0 Å². The van der Waals surface area contributed by atoms with Crippen molar-refractivity contribution >= 4 is 17.6 Å². The Morgan fingerprint density at radius 3 is 2.61 bits per heavy atom. The van der Waals surface area contributed by atoms with Crippen LogP contribution in [0.4, 0.5) is 0 Å². The first kappa shape index (κ1) is 12.0. The van der Waals surface area contributed by atoms with Gasteiger partial charge in [0.15, 0.2) is 0 Å². The molecule has 0 atom stereocenters. The molecule has 1 aromatic heterocycles. The molecule has 2 aliphatic rings. The molecule has 96 valence electrons. The van der Waals surface area contributed by atoms with E-state index in [1.54, 1.807) is 0 Å². The fraction of sp³-hybridized carbons (Fsp3) is 0.571. The number of aromatic nitrogens is 1. The van der Waals surface area contributed by atoms with Crippen LogP contribution < -0.4 is 0 Å². The van der Waals surface area contributed by atoms with E-state index < -0.39 is 5.97 Å². The average Bonchev–Trinajstić information content (AvgIpc) is 2.97. The zero-order valence-corrected chi connectivity index (χ0v) is 11.0. The Bertz CT molecular complexity index is 507. The van der Waals surface area contributed by atoms with Gasteiger partial charge in [-0.25, -0.2) is 4.79 Å². The van der Waals surface area contributed by atoms with Crippen molar-refractivity contribution in [3.8, 4) is 0 Å². The number of rotatable bonds is 2. The second kappa shape index (κ2) is 4.54. The van der Waals surface area contributed by atoms with E-state index in [1.807, 2.05) is 0 Å². The van der Waals surface area contributed by atoms with E-state index in [0.717, 1.165) is 49.1 Å². The first-order valence-corrected chi connectivity index (χ1v) is 7.00. The average molecular weight is 266 g/mol. The van der Waals surface area contributed by atoms with E-state index >= 15 is 0 Å². The molecule has 1 saturated carbocycles. The normalized spacial score (nSPS) is 19.2. The minimum absolute atomic E-state index is 0.320. The molecular formula is C14H16ClNO2. The number of pyridine rings is 1. The Kier molecular flexibility index (Phi) is 3.02. The van der Waals surface area contributed by atoms with E-state index in [9.17, 15) is 9.90 Å². The van der Waals surface area contributed by atoms with Gasteiger partial charge in [0, 0.05) is 11.6 Å². The number of carboxylic acid groups (broad SMARTS) is 1. The number of hydrogen-bond acceptors (Lipinski definition) is 2. The van der Waals surface area contributed by atoms with Crippen LogP contribution in [-0.2, 0) is 12.8 Å². The fourth-order valence-electron chi connectivity index (χ4n) is 3.27. The predicted octanol–water partition coefficient (Wildman–Crippen LogP) is 3.58. The second-order valence-electron chi connectivity index (χ2n) is 5.25. The standard InChI is InChI=1S/C14H16ClNO2/c15-12-11(14(17)18)9-6-3-7-10(9)16-13(12)8-4-1-2-5-8/h8H,1-7H2,(H,17,18). The molecule has 0 aliphatic heterocycles. The summed E-state index contributed by atoms with van der Waals surface area (Å²) in [6, 6.07) is 0. The molecule has 0 saturated heterocycles. The molecule has 3 rings (SSSR count). The third kappa shape index (κ3) is 1.81. The summed E-state index contributed by atoms with van der Waals surface area (Å²) in [5.41, 5.74) is 3.00. The summed E-state index contributed by atoms with van der Waals surface area (Å²) in [5.74, 6) is -0.540. The molecule has 0 aromatic carbocycles. The maximum atomic E-state index is 11.4. The van der Waals surface area contributed by atoms with E-state index in [0.29, 0.717) is 16.5 Å². The highest BCUT2D eigenvalue weighted by molar-refractivity contribution is 6.34. The fourth-order valence-corrected chi connectivity index (χ4v) is 3.66. The number of fused-ring (bicyclic) bond motifs is 1. The molecular weight excluding hydrogens is 250 g/mol. The molecule has 1 aromatic rings. The zero-order valence-electron chi connectivity index (χ0n) is 10.2. The van der Waals surface area contributed by atoms with E-state index in [-0.39, 0.29) is 0 Å². The van der Waals surface area contributed by atoms with Crippen LogP contribution in [0.25, 0.3) is 0 Å². The SMILES string of the molecule is O=C(O)c1c(Cl)c(C2CCCC2)nc2c1CCC2. The summed E-state index contributed by atoms with van der Waals surface area (Å²) in [7, 11) is 0. The molecule has 1 fully saturated rings.